The molecule has 0 spiro atoms. The Bertz CT molecular complexity index is 466. The molecule has 0 saturated heterocycles. The summed E-state index contributed by atoms with van der Waals surface area (Å²) in [7, 11) is 0. The lowest BCUT2D eigenvalue weighted by Crippen LogP contribution is -2.14. The molecule has 0 unspecified atom stereocenters. The number of ether oxygens (including phenoxy) is 1. The third-order valence-electron chi connectivity index (χ3n) is 2.56. The van der Waals surface area contributed by atoms with Gasteiger partial charge in [-0.05, 0) is 18.9 Å². The van der Waals surface area contributed by atoms with Crippen molar-refractivity contribution in [3.63, 3.8) is 0 Å². The number of nitrogens with zero attached hydrogens (tertiary/aromatic N) is 3. The molecule has 0 aromatic heterocycles. The summed E-state index contributed by atoms with van der Waals surface area (Å²) in [5, 5.41) is 14.3. The first-order valence-corrected chi connectivity index (χ1v) is 6.65. The first-order valence-electron chi connectivity index (χ1n) is 6.65. The van der Waals surface area contributed by atoms with E-state index < -0.39 is 0 Å². The molecule has 0 aliphatic rings. The number of benzene rings is 1. The quantitative estimate of drug-likeness (QED) is 0.240. The fraction of sp³-hybridized carbons (Fsp3) is 0.400. The number of rotatable bonds is 8. The maximum absolute atomic E-state index is 11.1. The number of hydrogen-bond donors (Lipinski definition) is 0. The molecule has 0 aliphatic carbocycles. The second kappa shape index (κ2) is 9.56. The summed E-state index contributed by atoms with van der Waals surface area (Å²) in [6.07, 6.45) is 5.21. The van der Waals surface area contributed by atoms with Gasteiger partial charge in [0.15, 0.2) is 0 Å². The Morgan fingerprint density at radius 3 is 2.85 bits per heavy atom. The van der Waals surface area contributed by atoms with Gasteiger partial charge in [-0.1, -0.05) is 30.3 Å². The lowest BCUT2D eigenvalue weighted by Gasteiger charge is -2.08. The van der Waals surface area contributed by atoms with Crippen LogP contribution in [0.2, 0.25) is 0 Å². The van der Waals surface area contributed by atoms with E-state index in [4.69, 9.17) is 10.00 Å². The standard InChI is InChI=1S/C15H19N3O2/c1-2-20-15(19)9-6-12-18(13-16)17-11-10-14-7-4-3-5-8-14/h3-5,7-8,11H,2,6,9-10,12H2,1H3/b17-11+. The van der Waals surface area contributed by atoms with Gasteiger partial charge in [0, 0.05) is 19.1 Å². The number of esters is 1. The van der Waals surface area contributed by atoms with Crippen LogP contribution >= 0.6 is 0 Å². The second-order valence-corrected chi connectivity index (χ2v) is 4.12. The van der Waals surface area contributed by atoms with Crippen molar-refractivity contribution in [3.05, 3.63) is 35.9 Å². The predicted octanol–water partition coefficient (Wildman–Crippen LogP) is 2.34. The fourth-order valence-electron chi connectivity index (χ4n) is 1.60. The Morgan fingerprint density at radius 1 is 1.45 bits per heavy atom. The maximum atomic E-state index is 11.1. The van der Waals surface area contributed by atoms with E-state index in [2.05, 4.69) is 5.10 Å². The van der Waals surface area contributed by atoms with Crippen molar-refractivity contribution < 1.29 is 9.53 Å². The van der Waals surface area contributed by atoms with E-state index in [1.54, 1.807) is 13.1 Å². The first-order chi connectivity index (χ1) is 9.76. The van der Waals surface area contributed by atoms with Crippen LogP contribution in [-0.2, 0) is 16.0 Å². The molecule has 106 valence electrons. The first kappa shape index (κ1) is 15.7. The van der Waals surface area contributed by atoms with Crippen LogP contribution in [0, 0.1) is 11.5 Å². The number of carbonyl (C=O) groups is 1. The molecule has 0 heterocycles. The van der Waals surface area contributed by atoms with Crippen LogP contribution in [0.15, 0.2) is 35.4 Å². The van der Waals surface area contributed by atoms with Gasteiger partial charge in [0.1, 0.15) is 0 Å². The molecule has 0 atom stereocenters. The van der Waals surface area contributed by atoms with Crippen molar-refractivity contribution in [2.24, 2.45) is 5.10 Å². The molecule has 0 radical (unpaired) electrons. The Kier molecular flexibility index (Phi) is 7.51. The van der Waals surface area contributed by atoms with Crippen LogP contribution in [-0.4, -0.2) is 30.3 Å². The lowest BCUT2D eigenvalue weighted by molar-refractivity contribution is -0.143. The highest BCUT2D eigenvalue weighted by Gasteiger charge is 2.04. The Morgan fingerprint density at radius 2 is 2.20 bits per heavy atom. The highest BCUT2D eigenvalue weighted by atomic mass is 16.5. The number of nitriles is 1. The Labute approximate surface area is 119 Å². The molecule has 0 bridgehead atoms. The molecular weight excluding hydrogens is 254 g/mol. The lowest BCUT2D eigenvalue weighted by atomic mass is 10.2. The normalized spacial score (nSPS) is 10.2. The van der Waals surface area contributed by atoms with Crippen molar-refractivity contribution in [2.45, 2.75) is 26.2 Å². The van der Waals surface area contributed by atoms with Crippen molar-refractivity contribution >= 4 is 12.2 Å². The largest absolute Gasteiger partial charge is 0.466 e. The van der Waals surface area contributed by atoms with E-state index in [9.17, 15) is 4.79 Å². The molecule has 1 aromatic carbocycles. The zero-order valence-corrected chi connectivity index (χ0v) is 11.7. The van der Waals surface area contributed by atoms with E-state index in [0.29, 0.717) is 32.4 Å². The van der Waals surface area contributed by atoms with Gasteiger partial charge in [-0.2, -0.15) is 10.4 Å². The summed E-state index contributed by atoms with van der Waals surface area (Å²) in [6, 6.07) is 9.89. The van der Waals surface area contributed by atoms with Crippen LogP contribution < -0.4 is 0 Å². The second-order valence-electron chi connectivity index (χ2n) is 4.12. The summed E-state index contributed by atoms with van der Waals surface area (Å²) >= 11 is 0. The average molecular weight is 273 g/mol. The van der Waals surface area contributed by atoms with Gasteiger partial charge in [0.25, 0.3) is 0 Å². The SMILES string of the molecule is CCOC(=O)CCCN(C#N)/N=C/Cc1ccccc1. The van der Waals surface area contributed by atoms with Crippen molar-refractivity contribution in [2.75, 3.05) is 13.2 Å². The third-order valence-corrected chi connectivity index (χ3v) is 2.56. The Balaban J connectivity index is 2.29. The predicted molar refractivity (Wildman–Crippen MR) is 76.8 cm³/mol. The molecule has 0 amide bonds. The molecule has 5 heteroatoms. The highest BCUT2D eigenvalue weighted by molar-refractivity contribution is 5.69. The van der Waals surface area contributed by atoms with Crippen molar-refractivity contribution in [3.8, 4) is 6.19 Å². The molecule has 0 saturated carbocycles. The monoisotopic (exact) mass is 273 g/mol. The summed E-state index contributed by atoms with van der Waals surface area (Å²) in [4.78, 5) is 11.1. The maximum Gasteiger partial charge on any atom is 0.305 e. The summed E-state index contributed by atoms with van der Waals surface area (Å²) in [6.45, 7) is 2.57. The number of carbonyl (C=O) groups excluding carboxylic acids is 1. The van der Waals surface area contributed by atoms with Gasteiger partial charge >= 0.3 is 5.97 Å². The zero-order chi connectivity index (χ0) is 14.6. The van der Waals surface area contributed by atoms with Crippen LogP contribution in [0.4, 0.5) is 0 Å². The molecule has 1 aromatic rings. The third kappa shape index (κ3) is 6.55. The molecule has 5 nitrogen and oxygen atoms in total. The average Bonchev–Trinajstić information content (AvgIpc) is 2.47. The minimum absolute atomic E-state index is 0.237. The van der Waals surface area contributed by atoms with Gasteiger partial charge < -0.3 is 4.74 Å². The summed E-state index contributed by atoms with van der Waals surface area (Å²) in [5.74, 6) is -0.237. The zero-order valence-electron chi connectivity index (χ0n) is 11.7. The fourth-order valence-corrected chi connectivity index (χ4v) is 1.60. The van der Waals surface area contributed by atoms with Crippen LogP contribution in [0.25, 0.3) is 0 Å². The van der Waals surface area contributed by atoms with Gasteiger partial charge in [-0.3, -0.25) is 4.79 Å². The van der Waals surface area contributed by atoms with E-state index in [-0.39, 0.29) is 5.97 Å². The summed E-state index contributed by atoms with van der Waals surface area (Å²) in [5.41, 5.74) is 1.14. The smallest absolute Gasteiger partial charge is 0.305 e. The Hall–Kier alpha value is -2.35. The molecule has 0 aliphatic heterocycles. The van der Waals surface area contributed by atoms with Crippen LogP contribution in [0.5, 0.6) is 0 Å². The highest BCUT2D eigenvalue weighted by Crippen LogP contribution is 2.00. The van der Waals surface area contributed by atoms with Gasteiger partial charge in [-0.25, -0.2) is 5.01 Å². The van der Waals surface area contributed by atoms with E-state index in [1.165, 1.54) is 5.01 Å². The van der Waals surface area contributed by atoms with Gasteiger partial charge in [0.05, 0.1) is 13.2 Å². The van der Waals surface area contributed by atoms with E-state index in [1.807, 2.05) is 36.5 Å². The van der Waals surface area contributed by atoms with Crippen LogP contribution in [0.3, 0.4) is 0 Å². The minimum atomic E-state index is -0.237. The molecule has 20 heavy (non-hydrogen) atoms. The molecule has 0 N–H and O–H groups in total. The molecular formula is C15H19N3O2. The van der Waals surface area contributed by atoms with Gasteiger partial charge in [0.2, 0.25) is 6.19 Å². The minimum Gasteiger partial charge on any atom is -0.466 e. The van der Waals surface area contributed by atoms with E-state index >= 15 is 0 Å². The molecule has 1 rings (SSSR count). The van der Waals surface area contributed by atoms with E-state index in [0.717, 1.165) is 5.56 Å². The van der Waals surface area contributed by atoms with Crippen LogP contribution in [0.1, 0.15) is 25.3 Å². The molecule has 0 fully saturated rings. The van der Waals surface area contributed by atoms with Crippen molar-refractivity contribution in [1.82, 2.24) is 5.01 Å². The van der Waals surface area contributed by atoms with Gasteiger partial charge in [-0.15, -0.1) is 0 Å². The number of hydrazone groups is 1. The number of hydrogen-bond acceptors (Lipinski definition) is 5. The van der Waals surface area contributed by atoms with Crippen molar-refractivity contribution in [1.29, 1.82) is 5.26 Å². The summed E-state index contributed by atoms with van der Waals surface area (Å²) < 4.78 is 4.82. The topological polar surface area (TPSA) is 65.7 Å².